The van der Waals surface area contributed by atoms with Crippen LogP contribution < -0.4 is 10.2 Å². The Balaban J connectivity index is 1.24. The molecule has 1 aliphatic heterocycles. The van der Waals surface area contributed by atoms with E-state index >= 15 is 0 Å². The van der Waals surface area contributed by atoms with E-state index in [1.807, 2.05) is 18.2 Å². The molecule has 0 amide bonds. The average molecular weight is 452 g/mol. The van der Waals surface area contributed by atoms with Crippen molar-refractivity contribution in [2.45, 2.75) is 18.3 Å². The highest BCUT2D eigenvalue weighted by atomic mass is 15.3. The highest BCUT2D eigenvalue weighted by molar-refractivity contribution is 5.76. The molecule has 0 unspecified atom stereocenters. The lowest BCUT2D eigenvalue weighted by Crippen LogP contribution is -2.44. The predicted molar refractivity (Wildman–Crippen MR) is 130 cm³/mol. The number of hydrogen-bond acceptors (Lipinski definition) is 8. The molecular formula is C25H25N9. The summed E-state index contributed by atoms with van der Waals surface area (Å²) < 4.78 is 1.70. The first-order chi connectivity index (χ1) is 16.6. The quantitative estimate of drug-likeness (QED) is 0.494. The van der Waals surface area contributed by atoms with Gasteiger partial charge in [-0.25, -0.2) is 9.97 Å². The Labute approximate surface area is 197 Å². The molecule has 1 saturated heterocycles. The van der Waals surface area contributed by atoms with Crippen LogP contribution in [0.15, 0.2) is 54.9 Å². The number of pyridine rings is 1. The zero-order chi connectivity index (χ0) is 23.1. The van der Waals surface area contributed by atoms with E-state index < -0.39 is 5.41 Å². The number of nitrogens with zero attached hydrogens (tertiary/aromatic N) is 8. The summed E-state index contributed by atoms with van der Waals surface area (Å²) in [4.78, 5) is 18.7. The molecule has 0 bridgehead atoms. The Bertz CT molecular complexity index is 1370. The van der Waals surface area contributed by atoms with Crippen molar-refractivity contribution in [2.75, 3.05) is 43.4 Å². The molecule has 1 aromatic carbocycles. The van der Waals surface area contributed by atoms with Crippen LogP contribution in [0.25, 0.3) is 16.9 Å². The minimum absolute atomic E-state index is 0.447. The summed E-state index contributed by atoms with van der Waals surface area (Å²) in [6.45, 7) is 4.24. The normalized spacial score (nSPS) is 17.5. The van der Waals surface area contributed by atoms with Crippen LogP contribution in [0.4, 0.5) is 17.3 Å². The lowest BCUT2D eigenvalue weighted by atomic mass is 10.0. The lowest BCUT2D eigenvalue weighted by Gasteiger charge is -2.34. The van der Waals surface area contributed by atoms with Gasteiger partial charge in [0.1, 0.15) is 0 Å². The van der Waals surface area contributed by atoms with E-state index in [0.717, 1.165) is 55.8 Å². The Hall–Kier alpha value is -4.03. The zero-order valence-electron chi connectivity index (χ0n) is 19.0. The van der Waals surface area contributed by atoms with Crippen LogP contribution in [0.1, 0.15) is 18.5 Å². The lowest BCUT2D eigenvalue weighted by molar-refractivity contribution is 0.313. The van der Waals surface area contributed by atoms with Gasteiger partial charge in [0.25, 0.3) is 0 Å². The molecule has 170 valence electrons. The molecule has 4 heterocycles. The first-order valence-electron chi connectivity index (χ1n) is 11.5. The first-order valence-corrected chi connectivity index (χ1v) is 11.5. The molecule has 0 spiro atoms. The number of piperazine rings is 1. The maximum Gasteiger partial charge on any atom is 0.229 e. The van der Waals surface area contributed by atoms with Gasteiger partial charge in [0.05, 0.1) is 28.8 Å². The fourth-order valence-electron chi connectivity index (χ4n) is 4.35. The van der Waals surface area contributed by atoms with Crippen molar-refractivity contribution in [3.63, 3.8) is 0 Å². The largest absolute Gasteiger partial charge is 0.369 e. The second-order valence-electron chi connectivity index (χ2n) is 9.07. The number of hydrogen-bond donors (Lipinski definition) is 1. The van der Waals surface area contributed by atoms with Crippen molar-refractivity contribution in [3.8, 4) is 11.9 Å². The third-order valence-electron chi connectivity index (χ3n) is 6.71. The summed E-state index contributed by atoms with van der Waals surface area (Å²) in [6.07, 6.45) is 5.19. The SMILES string of the molecule is CN1CCN(c2ccc(Nc3ncc4cnn(-c5cccc(C6(C#N)CC6)n5)c4n3)cc2)CC1. The van der Waals surface area contributed by atoms with Crippen LogP contribution in [-0.4, -0.2) is 62.9 Å². The minimum atomic E-state index is -0.447. The van der Waals surface area contributed by atoms with Crippen molar-refractivity contribution >= 4 is 28.4 Å². The topological polar surface area (TPSA) is 98.8 Å². The van der Waals surface area contributed by atoms with Crippen LogP contribution in [0.3, 0.4) is 0 Å². The van der Waals surface area contributed by atoms with Gasteiger partial charge in [-0.3, -0.25) is 0 Å². The van der Waals surface area contributed by atoms with Gasteiger partial charge in [0, 0.05) is 43.8 Å². The van der Waals surface area contributed by atoms with Crippen LogP contribution in [0.5, 0.6) is 0 Å². The van der Waals surface area contributed by atoms with Gasteiger partial charge in [-0.2, -0.15) is 20.0 Å². The Kier molecular flexibility index (Phi) is 4.89. The molecule has 1 saturated carbocycles. The summed E-state index contributed by atoms with van der Waals surface area (Å²) in [5, 5.41) is 18.1. The van der Waals surface area contributed by atoms with Gasteiger partial charge >= 0.3 is 0 Å². The Morgan fingerprint density at radius 2 is 1.76 bits per heavy atom. The maximum absolute atomic E-state index is 9.54. The van der Waals surface area contributed by atoms with E-state index in [0.29, 0.717) is 17.4 Å². The van der Waals surface area contributed by atoms with Crippen molar-refractivity contribution in [1.29, 1.82) is 5.26 Å². The Morgan fingerprint density at radius 3 is 2.50 bits per heavy atom. The number of nitriles is 1. The van der Waals surface area contributed by atoms with Crippen molar-refractivity contribution < 1.29 is 0 Å². The number of fused-ring (bicyclic) bond motifs is 1. The van der Waals surface area contributed by atoms with Gasteiger partial charge in [-0.05, 0) is 56.3 Å². The molecule has 4 aromatic rings. The summed E-state index contributed by atoms with van der Waals surface area (Å²) in [5.41, 5.74) is 3.16. The summed E-state index contributed by atoms with van der Waals surface area (Å²) >= 11 is 0. The van der Waals surface area contributed by atoms with Crippen LogP contribution in [-0.2, 0) is 5.41 Å². The fourth-order valence-corrected chi connectivity index (χ4v) is 4.35. The van der Waals surface area contributed by atoms with E-state index in [1.165, 1.54) is 5.69 Å². The average Bonchev–Trinajstić information content (AvgIpc) is 3.58. The van der Waals surface area contributed by atoms with Gasteiger partial charge in [0.15, 0.2) is 11.5 Å². The van der Waals surface area contributed by atoms with Gasteiger partial charge in [-0.15, -0.1) is 0 Å². The van der Waals surface area contributed by atoms with Crippen molar-refractivity contribution in [3.05, 3.63) is 60.6 Å². The summed E-state index contributed by atoms with van der Waals surface area (Å²) in [6, 6.07) is 16.5. The maximum atomic E-state index is 9.54. The number of rotatable bonds is 5. The van der Waals surface area contributed by atoms with E-state index in [1.54, 1.807) is 17.1 Å². The molecule has 2 fully saturated rings. The summed E-state index contributed by atoms with van der Waals surface area (Å²) in [5.74, 6) is 1.14. The smallest absolute Gasteiger partial charge is 0.229 e. The molecule has 2 aliphatic rings. The number of aromatic nitrogens is 5. The highest BCUT2D eigenvalue weighted by Crippen LogP contribution is 2.46. The predicted octanol–water partition coefficient (Wildman–Crippen LogP) is 3.26. The molecular weight excluding hydrogens is 426 g/mol. The van der Waals surface area contributed by atoms with Crippen LogP contribution in [0.2, 0.25) is 0 Å². The monoisotopic (exact) mass is 451 g/mol. The van der Waals surface area contributed by atoms with E-state index in [2.05, 4.69) is 62.6 Å². The second-order valence-corrected chi connectivity index (χ2v) is 9.07. The molecule has 34 heavy (non-hydrogen) atoms. The molecule has 9 nitrogen and oxygen atoms in total. The third-order valence-corrected chi connectivity index (χ3v) is 6.71. The van der Waals surface area contributed by atoms with Crippen LogP contribution >= 0.6 is 0 Å². The molecule has 0 radical (unpaired) electrons. The molecule has 1 aliphatic carbocycles. The minimum Gasteiger partial charge on any atom is -0.369 e. The molecule has 0 atom stereocenters. The number of benzene rings is 1. The van der Waals surface area contributed by atoms with Gasteiger partial charge in [0.2, 0.25) is 5.95 Å². The molecule has 3 aromatic heterocycles. The number of likely N-dealkylation sites (N-methyl/N-ethyl adjacent to an activating group) is 1. The summed E-state index contributed by atoms with van der Waals surface area (Å²) in [7, 11) is 2.16. The highest BCUT2D eigenvalue weighted by Gasteiger charge is 2.46. The standard InChI is InChI=1S/C25H25N9/c1-32-11-13-33(14-12-32)20-7-5-19(6-8-20)29-24-27-15-18-16-28-34(23(18)31-24)22-4-2-3-21(30-22)25(17-26)9-10-25/h2-8,15-16H,9-14H2,1H3,(H,27,29,31). The van der Waals surface area contributed by atoms with Crippen molar-refractivity contribution in [1.82, 2.24) is 29.6 Å². The van der Waals surface area contributed by atoms with Gasteiger partial charge in [-0.1, -0.05) is 6.07 Å². The molecule has 6 rings (SSSR count). The molecule has 1 N–H and O–H groups in total. The Morgan fingerprint density at radius 1 is 0.971 bits per heavy atom. The third kappa shape index (κ3) is 3.72. The van der Waals surface area contributed by atoms with Gasteiger partial charge < -0.3 is 15.1 Å². The van der Waals surface area contributed by atoms with Crippen molar-refractivity contribution in [2.24, 2.45) is 0 Å². The van der Waals surface area contributed by atoms with E-state index in [9.17, 15) is 5.26 Å². The van der Waals surface area contributed by atoms with E-state index in [-0.39, 0.29) is 0 Å². The molecule has 9 heteroatoms. The zero-order valence-corrected chi connectivity index (χ0v) is 19.0. The van der Waals surface area contributed by atoms with E-state index in [4.69, 9.17) is 9.97 Å². The number of nitrogens with one attached hydrogen (secondary N) is 1. The fraction of sp³-hybridized carbons (Fsp3) is 0.320. The number of anilines is 3. The first kappa shape index (κ1) is 20.6. The van der Waals surface area contributed by atoms with Crippen LogP contribution in [0, 0.1) is 11.3 Å². The second kappa shape index (κ2) is 8.08.